The number of rotatable bonds is 7. The maximum absolute atomic E-state index is 11.5. The Morgan fingerprint density at radius 2 is 2.12 bits per heavy atom. The van der Waals surface area contributed by atoms with Crippen LogP contribution in [0.15, 0.2) is 24.3 Å². The van der Waals surface area contributed by atoms with E-state index in [-0.39, 0.29) is 5.91 Å². The lowest BCUT2D eigenvalue weighted by Gasteiger charge is -2.09. The first-order valence-corrected chi connectivity index (χ1v) is 5.79. The van der Waals surface area contributed by atoms with Crippen molar-refractivity contribution in [2.75, 3.05) is 32.1 Å². The minimum absolute atomic E-state index is 0.00403. The third kappa shape index (κ3) is 5.36. The standard InChI is InChI=1S/C13H20N2O2/c1-11-6-3-4-7-12(11)15-10-13(16)14-8-5-9-17-2/h3-4,6-7,15H,5,8-10H2,1-2H3,(H,14,16). The van der Waals surface area contributed by atoms with Crippen molar-refractivity contribution >= 4 is 11.6 Å². The number of anilines is 1. The van der Waals surface area contributed by atoms with Crippen LogP contribution in [0, 0.1) is 6.92 Å². The molecule has 4 nitrogen and oxygen atoms in total. The maximum Gasteiger partial charge on any atom is 0.239 e. The topological polar surface area (TPSA) is 50.4 Å². The Morgan fingerprint density at radius 1 is 1.35 bits per heavy atom. The van der Waals surface area contributed by atoms with Crippen LogP contribution in [0.2, 0.25) is 0 Å². The first-order chi connectivity index (χ1) is 8.24. The number of benzene rings is 1. The van der Waals surface area contributed by atoms with E-state index in [0.29, 0.717) is 19.7 Å². The molecule has 0 spiro atoms. The molecule has 2 N–H and O–H groups in total. The Kier molecular flexibility index (Phi) is 6.10. The van der Waals surface area contributed by atoms with E-state index < -0.39 is 0 Å². The molecule has 4 heteroatoms. The van der Waals surface area contributed by atoms with Crippen LogP contribution in [0.25, 0.3) is 0 Å². The first-order valence-electron chi connectivity index (χ1n) is 5.79. The average molecular weight is 236 g/mol. The summed E-state index contributed by atoms with van der Waals surface area (Å²) in [6.07, 6.45) is 0.840. The fourth-order valence-electron chi connectivity index (χ4n) is 1.45. The van der Waals surface area contributed by atoms with Gasteiger partial charge in [0, 0.05) is 25.9 Å². The molecule has 0 aliphatic rings. The molecule has 0 unspecified atom stereocenters. The van der Waals surface area contributed by atoms with Gasteiger partial charge in [-0.1, -0.05) is 18.2 Å². The summed E-state index contributed by atoms with van der Waals surface area (Å²) in [5.41, 5.74) is 2.14. The normalized spacial score (nSPS) is 10.0. The molecular formula is C13H20N2O2. The second-order valence-electron chi connectivity index (χ2n) is 3.86. The van der Waals surface area contributed by atoms with Gasteiger partial charge >= 0.3 is 0 Å². The summed E-state index contributed by atoms with van der Waals surface area (Å²) < 4.78 is 4.90. The highest BCUT2D eigenvalue weighted by atomic mass is 16.5. The SMILES string of the molecule is COCCCNC(=O)CNc1ccccc1C. The molecule has 0 aromatic heterocycles. The summed E-state index contributed by atoms with van der Waals surface area (Å²) in [6.45, 7) is 3.64. The molecule has 0 atom stereocenters. The fraction of sp³-hybridized carbons (Fsp3) is 0.462. The van der Waals surface area contributed by atoms with Gasteiger partial charge < -0.3 is 15.4 Å². The number of ether oxygens (including phenoxy) is 1. The number of carbonyl (C=O) groups is 1. The van der Waals surface area contributed by atoms with Crippen molar-refractivity contribution in [2.45, 2.75) is 13.3 Å². The second-order valence-corrected chi connectivity index (χ2v) is 3.86. The molecule has 94 valence electrons. The van der Waals surface area contributed by atoms with E-state index in [0.717, 1.165) is 17.7 Å². The number of para-hydroxylation sites is 1. The molecule has 0 aliphatic heterocycles. The minimum Gasteiger partial charge on any atom is -0.385 e. The Labute approximate surface area is 102 Å². The van der Waals surface area contributed by atoms with E-state index in [4.69, 9.17) is 4.74 Å². The molecule has 0 bridgehead atoms. The first kappa shape index (κ1) is 13.5. The number of amides is 1. The van der Waals surface area contributed by atoms with Crippen LogP contribution in [-0.4, -0.2) is 32.7 Å². The molecule has 1 rings (SSSR count). The van der Waals surface area contributed by atoms with Crippen LogP contribution in [-0.2, 0) is 9.53 Å². The van der Waals surface area contributed by atoms with Gasteiger partial charge in [0.2, 0.25) is 5.91 Å². The molecule has 1 aromatic carbocycles. The Balaban J connectivity index is 2.22. The minimum atomic E-state index is 0.00403. The smallest absolute Gasteiger partial charge is 0.239 e. The zero-order valence-corrected chi connectivity index (χ0v) is 10.5. The number of hydrogen-bond acceptors (Lipinski definition) is 3. The summed E-state index contributed by atoms with van der Waals surface area (Å²) >= 11 is 0. The van der Waals surface area contributed by atoms with Crippen LogP contribution >= 0.6 is 0 Å². The van der Waals surface area contributed by atoms with Crippen LogP contribution in [0.4, 0.5) is 5.69 Å². The van der Waals surface area contributed by atoms with Crippen molar-refractivity contribution in [1.82, 2.24) is 5.32 Å². The average Bonchev–Trinajstić information content (AvgIpc) is 2.34. The van der Waals surface area contributed by atoms with E-state index >= 15 is 0 Å². The van der Waals surface area contributed by atoms with Crippen molar-refractivity contribution in [2.24, 2.45) is 0 Å². The zero-order chi connectivity index (χ0) is 12.5. The van der Waals surface area contributed by atoms with Crippen molar-refractivity contribution in [3.63, 3.8) is 0 Å². The molecule has 0 saturated heterocycles. The van der Waals surface area contributed by atoms with Crippen molar-refractivity contribution in [1.29, 1.82) is 0 Å². The predicted octanol–water partition coefficient (Wildman–Crippen LogP) is 1.56. The van der Waals surface area contributed by atoms with Crippen molar-refractivity contribution < 1.29 is 9.53 Å². The number of methoxy groups -OCH3 is 1. The van der Waals surface area contributed by atoms with Gasteiger partial charge in [0.1, 0.15) is 0 Å². The maximum atomic E-state index is 11.5. The summed E-state index contributed by atoms with van der Waals surface area (Å²) in [5, 5.41) is 5.94. The quantitative estimate of drug-likeness (QED) is 0.706. The number of nitrogens with one attached hydrogen (secondary N) is 2. The highest BCUT2D eigenvalue weighted by Crippen LogP contribution is 2.12. The zero-order valence-electron chi connectivity index (χ0n) is 10.5. The molecular weight excluding hydrogens is 216 g/mol. The number of carbonyl (C=O) groups excluding carboxylic acids is 1. The highest BCUT2D eigenvalue weighted by Gasteiger charge is 2.01. The lowest BCUT2D eigenvalue weighted by atomic mass is 10.2. The lowest BCUT2D eigenvalue weighted by Crippen LogP contribution is -2.31. The Bertz CT molecular complexity index is 353. The number of aryl methyl sites for hydroxylation is 1. The van der Waals surface area contributed by atoms with Crippen LogP contribution < -0.4 is 10.6 Å². The molecule has 0 saturated carbocycles. The van der Waals surface area contributed by atoms with Gasteiger partial charge in [-0.2, -0.15) is 0 Å². The van der Waals surface area contributed by atoms with Gasteiger partial charge in [-0.05, 0) is 25.0 Å². The Morgan fingerprint density at radius 3 is 2.82 bits per heavy atom. The summed E-state index contributed by atoms with van der Waals surface area (Å²) in [7, 11) is 1.65. The molecule has 1 aromatic rings. The molecule has 1 amide bonds. The van der Waals surface area contributed by atoms with Gasteiger partial charge in [-0.15, -0.1) is 0 Å². The third-order valence-electron chi connectivity index (χ3n) is 2.43. The van der Waals surface area contributed by atoms with E-state index in [1.54, 1.807) is 7.11 Å². The van der Waals surface area contributed by atoms with Gasteiger partial charge in [-0.3, -0.25) is 4.79 Å². The molecule has 0 radical (unpaired) electrons. The highest BCUT2D eigenvalue weighted by molar-refractivity contribution is 5.80. The summed E-state index contributed by atoms with van der Waals surface area (Å²) in [5.74, 6) is 0.00403. The molecule has 17 heavy (non-hydrogen) atoms. The summed E-state index contributed by atoms with van der Waals surface area (Å²) in [6, 6.07) is 7.91. The van der Waals surface area contributed by atoms with E-state index in [1.807, 2.05) is 31.2 Å². The van der Waals surface area contributed by atoms with Crippen LogP contribution in [0.1, 0.15) is 12.0 Å². The van der Waals surface area contributed by atoms with Gasteiger partial charge in [0.15, 0.2) is 0 Å². The fourth-order valence-corrected chi connectivity index (χ4v) is 1.45. The Hall–Kier alpha value is -1.55. The van der Waals surface area contributed by atoms with Gasteiger partial charge in [0.05, 0.1) is 6.54 Å². The molecule has 0 heterocycles. The monoisotopic (exact) mass is 236 g/mol. The van der Waals surface area contributed by atoms with Crippen LogP contribution in [0.3, 0.4) is 0 Å². The number of hydrogen-bond donors (Lipinski definition) is 2. The summed E-state index contributed by atoms with van der Waals surface area (Å²) in [4.78, 5) is 11.5. The van der Waals surface area contributed by atoms with Gasteiger partial charge in [-0.25, -0.2) is 0 Å². The third-order valence-corrected chi connectivity index (χ3v) is 2.43. The van der Waals surface area contributed by atoms with Gasteiger partial charge in [0.25, 0.3) is 0 Å². The van der Waals surface area contributed by atoms with Crippen molar-refractivity contribution in [3.8, 4) is 0 Å². The largest absolute Gasteiger partial charge is 0.385 e. The molecule has 0 fully saturated rings. The van der Waals surface area contributed by atoms with E-state index in [1.165, 1.54) is 0 Å². The van der Waals surface area contributed by atoms with Crippen LogP contribution in [0.5, 0.6) is 0 Å². The van der Waals surface area contributed by atoms with E-state index in [9.17, 15) is 4.79 Å². The second kappa shape index (κ2) is 7.68. The molecule has 0 aliphatic carbocycles. The van der Waals surface area contributed by atoms with Crippen molar-refractivity contribution in [3.05, 3.63) is 29.8 Å². The van der Waals surface area contributed by atoms with E-state index in [2.05, 4.69) is 10.6 Å². The predicted molar refractivity (Wildman–Crippen MR) is 69.2 cm³/mol. The lowest BCUT2D eigenvalue weighted by molar-refractivity contribution is -0.119.